The molecule has 1 atom stereocenters. The van der Waals surface area contributed by atoms with Crippen molar-refractivity contribution in [2.24, 2.45) is 5.92 Å². The van der Waals surface area contributed by atoms with Crippen LogP contribution in [-0.4, -0.2) is 17.5 Å². The molecule has 0 fully saturated rings. The molecule has 4 heteroatoms. The van der Waals surface area contributed by atoms with Gasteiger partial charge in [-0.1, -0.05) is 13.8 Å². The van der Waals surface area contributed by atoms with E-state index in [0.717, 1.165) is 6.42 Å². The van der Waals surface area contributed by atoms with Gasteiger partial charge in [-0.3, -0.25) is 14.4 Å². The number of hydrogen-bond donors (Lipinski definition) is 0. The van der Waals surface area contributed by atoms with Crippen molar-refractivity contribution in [2.75, 3.05) is 0 Å². The first-order valence-corrected chi connectivity index (χ1v) is 5.59. The van der Waals surface area contributed by atoms with Gasteiger partial charge in [0.1, 0.15) is 5.76 Å². The fourth-order valence-corrected chi connectivity index (χ4v) is 1.63. The van der Waals surface area contributed by atoms with Crippen molar-refractivity contribution in [3.8, 4) is 0 Å². The monoisotopic (exact) mass is 224 g/mol. The second-order valence-corrected chi connectivity index (χ2v) is 3.83. The number of carbonyl (C=O) groups excluding carboxylic acids is 3. The quantitative estimate of drug-likeness (QED) is 0.527. The zero-order chi connectivity index (χ0) is 12.1. The minimum absolute atomic E-state index is 0.239. The Morgan fingerprint density at radius 2 is 2.00 bits per heavy atom. The number of esters is 1. The largest absolute Gasteiger partial charge is 0.430 e. The van der Waals surface area contributed by atoms with E-state index < -0.39 is 17.7 Å². The molecule has 0 N–H and O–H groups in total. The van der Waals surface area contributed by atoms with Crippen LogP contribution in [0.3, 0.4) is 0 Å². The van der Waals surface area contributed by atoms with E-state index in [1.807, 2.05) is 13.8 Å². The highest BCUT2D eigenvalue weighted by atomic mass is 16.5. The van der Waals surface area contributed by atoms with E-state index in [1.54, 1.807) is 0 Å². The minimum Gasteiger partial charge on any atom is -0.430 e. The van der Waals surface area contributed by atoms with Crippen LogP contribution in [0.25, 0.3) is 0 Å². The summed E-state index contributed by atoms with van der Waals surface area (Å²) in [5.41, 5.74) is 0. The van der Waals surface area contributed by atoms with Crippen molar-refractivity contribution in [3.05, 3.63) is 11.8 Å². The van der Waals surface area contributed by atoms with Gasteiger partial charge in [-0.15, -0.1) is 0 Å². The zero-order valence-corrected chi connectivity index (χ0v) is 9.62. The second kappa shape index (κ2) is 5.58. The number of allylic oxidation sites excluding steroid dienone is 2. The highest BCUT2D eigenvalue weighted by Gasteiger charge is 2.37. The van der Waals surface area contributed by atoms with E-state index in [-0.39, 0.29) is 12.2 Å². The van der Waals surface area contributed by atoms with E-state index in [4.69, 9.17) is 4.74 Å². The van der Waals surface area contributed by atoms with E-state index in [2.05, 4.69) is 0 Å². The normalized spacial score (nSPS) is 20.4. The Morgan fingerprint density at radius 1 is 1.31 bits per heavy atom. The molecule has 88 valence electrons. The van der Waals surface area contributed by atoms with Gasteiger partial charge in [0.15, 0.2) is 17.5 Å². The Bertz CT molecular complexity index is 341. The molecule has 16 heavy (non-hydrogen) atoms. The van der Waals surface area contributed by atoms with Crippen molar-refractivity contribution in [1.29, 1.82) is 0 Å². The summed E-state index contributed by atoms with van der Waals surface area (Å²) in [5.74, 6) is -2.34. The van der Waals surface area contributed by atoms with Crippen LogP contribution in [0.2, 0.25) is 0 Å². The number of ketones is 2. The highest BCUT2D eigenvalue weighted by Crippen LogP contribution is 2.20. The third-order valence-electron chi connectivity index (χ3n) is 2.37. The van der Waals surface area contributed by atoms with Crippen molar-refractivity contribution >= 4 is 17.5 Å². The molecule has 0 saturated heterocycles. The molecule has 0 aromatic rings. The Balaban J connectivity index is 2.80. The molecule has 1 aliphatic heterocycles. The molecule has 0 amide bonds. The lowest BCUT2D eigenvalue weighted by molar-refractivity contribution is -0.153. The molecule has 0 radical (unpaired) electrons. The highest BCUT2D eigenvalue weighted by molar-refractivity contribution is 6.21. The summed E-state index contributed by atoms with van der Waals surface area (Å²) in [6.07, 6.45) is 3.49. The molecule has 0 aliphatic carbocycles. The Kier molecular flexibility index (Phi) is 4.40. The number of Topliss-reactive ketones (excluding diaryl/α,β-unsaturated/α-hetero) is 1. The first-order valence-electron chi connectivity index (χ1n) is 5.59. The fraction of sp³-hybridized carbons (Fsp3) is 0.583. The predicted molar refractivity (Wildman–Crippen MR) is 57.5 cm³/mol. The SMILES string of the molecule is CCCC(=O)C1C(=O)C=C(CCC)OC1=O. The van der Waals surface area contributed by atoms with Gasteiger partial charge in [-0.25, -0.2) is 0 Å². The van der Waals surface area contributed by atoms with Gasteiger partial charge >= 0.3 is 5.97 Å². The van der Waals surface area contributed by atoms with Gasteiger partial charge < -0.3 is 4.74 Å². The van der Waals surface area contributed by atoms with Crippen molar-refractivity contribution in [2.45, 2.75) is 39.5 Å². The average molecular weight is 224 g/mol. The van der Waals surface area contributed by atoms with Crippen LogP contribution in [0.15, 0.2) is 11.8 Å². The first-order chi connectivity index (χ1) is 7.60. The molecule has 0 aromatic heterocycles. The molecule has 1 aliphatic rings. The van der Waals surface area contributed by atoms with Gasteiger partial charge in [-0.05, 0) is 12.8 Å². The van der Waals surface area contributed by atoms with Crippen LogP contribution in [-0.2, 0) is 19.1 Å². The minimum atomic E-state index is -1.22. The summed E-state index contributed by atoms with van der Waals surface area (Å²) in [4.78, 5) is 34.6. The molecule has 0 aromatic carbocycles. The second-order valence-electron chi connectivity index (χ2n) is 3.83. The number of ether oxygens (including phenoxy) is 1. The summed E-state index contributed by atoms with van der Waals surface area (Å²) >= 11 is 0. The van der Waals surface area contributed by atoms with Crippen LogP contribution in [0.5, 0.6) is 0 Å². The molecule has 1 heterocycles. The molecular weight excluding hydrogens is 208 g/mol. The molecule has 4 nitrogen and oxygen atoms in total. The van der Waals surface area contributed by atoms with E-state index >= 15 is 0 Å². The van der Waals surface area contributed by atoms with Gasteiger partial charge in [-0.2, -0.15) is 0 Å². The maximum absolute atomic E-state index is 11.6. The Hall–Kier alpha value is -1.45. The lowest BCUT2D eigenvalue weighted by Crippen LogP contribution is -2.35. The summed E-state index contributed by atoms with van der Waals surface area (Å²) < 4.78 is 4.96. The van der Waals surface area contributed by atoms with Crippen LogP contribution in [0.1, 0.15) is 39.5 Å². The summed E-state index contributed by atoms with van der Waals surface area (Å²) in [6, 6.07) is 0. The van der Waals surface area contributed by atoms with Crippen molar-refractivity contribution in [3.63, 3.8) is 0 Å². The maximum atomic E-state index is 11.6. The average Bonchev–Trinajstić information content (AvgIpc) is 2.17. The fourth-order valence-electron chi connectivity index (χ4n) is 1.63. The number of rotatable bonds is 5. The third-order valence-corrected chi connectivity index (χ3v) is 2.37. The van der Waals surface area contributed by atoms with Crippen LogP contribution >= 0.6 is 0 Å². The Labute approximate surface area is 94.7 Å². The molecule has 0 bridgehead atoms. The molecular formula is C12H16O4. The molecule has 0 spiro atoms. The van der Waals surface area contributed by atoms with Gasteiger partial charge in [0.2, 0.25) is 0 Å². The zero-order valence-electron chi connectivity index (χ0n) is 9.62. The topological polar surface area (TPSA) is 60.4 Å². The van der Waals surface area contributed by atoms with E-state index in [9.17, 15) is 14.4 Å². The molecule has 1 unspecified atom stereocenters. The number of cyclic esters (lactones) is 1. The lowest BCUT2D eigenvalue weighted by Gasteiger charge is -2.18. The Morgan fingerprint density at radius 3 is 2.50 bits per heavy atom. The maximum Gasteiger partial charge on any atom is 0.329 e. The third kappa shape index (κ3) is 2.78. The van der Waals surface area contributed by atoms with Crippen LogP contribution < -0.4 is 0 Å². The van der Waals surface area contributed by atoms with Gasteiger partial charge in [0.05, 0.1) is 0 Å². The standard InChI is InChI=1S/C12H16O4/c1-3-5-8-7-10(14)11(12(15)16-8)9(13)6-4-2/h7,11H,3-6H2,1-2H3. The van der Waals surface area contributed by atoms with Crippen LogP contribution in [0, 0.1) is 5.92 Å². The van der Waals surface area contributed by atoms with E-state index in [1.165, 1.54) is 6.08 Å². The van der Waals surface area contributed by atoms with Gasteiger partial charge in [0, 0.05) is 18.9 Å². The van der Waals surface area contributed by atoms with Crippen LogP contribution in [0.4, 0.5) is 0 Å². The summed E-state index contributed by atoms with van der Waals surface area (Å²) in [6.45, 7) is 3.75. The molecule has 1 rings (SSSR count). The first kappa shape index (κ1) is 12.6. The number of carbonyl (C=O) groups is 3. The van der Waals surface area contributed by atoms with E-state index in [0.29, 0.717) is 18.6 Å². The summed E-state index contributed by atoms with van der Waals surface area (Å²) in [5, 5.41) is 0. The predicted octanol–water partition coefficient (Wildman–Crippen LogP) is 1.78. The molecule has 0 saturated carbocycles. The smallest absolute Gasteiger partial charge is 0.329 e. The van der Waals surface area contributed by atoms with Crippen molar-refractivity contribution < 1.29 is 19.1 Å². The summed E-state index contributed by atoms with van der Waals surface area (Å²) in [7, 11) is 0. The lowest BCUT2D eigenvalue weighted by atomic mass is 9.93. The number of hydrogen-bond acceptors (Lipinski definition) is 4. The van der Waals surface area contributed by atoms with Crippen molar-refractivity contribution in [1.82, 2.24) is 0 Å². The van der Waals surface area contributed by atoms with Gasteiger partial charge in [0.25, 0.3) is 0 Å².